The molecule has 0 aliphatic carbocycles. The van der Waals surface area contributed by atoms with Crippen LogP contribution in [0, 0.1) is 5.82 Å². The van der Waals surface area contributed by atoms with E-state index in [4.69, 9.17) is 28.9 Å². The van der Waals surface area contributed by atoms with E-state index in [1.807, 2.05) is 0 Å². The van der Waals surface area contributed by atoms with Crippen LogP contribution >= 0.6 is 23.2 Å². The number of benzene rings is 1. The highest BCUT2D eigenvalue weighted by Crippen LogP contribution is 2.27. The molecular weight excluding hydrogens is 418 g/mol. The summed E-state index contributed by atoms with van der Waals surface area (Å²) in [6.07, 6.45) is 3.27. The number of hydrogen-bond acceptors (Lipinski definition) is 3. The van der Waals surface area contributed by atoms with Gasteiger partial charge >= 0.3 is 0 Å². The number of rotatable bonds is 3. The van der Waals surface area contributed by atoms with Gasteiger partial charge < -0.3 is 15.6 Å². The van der Waals surface area contributed by atoms with Crippen LogP contribution < -0.4 is 11.3 Å². The third-order valence-corrected chi connectivity index (χ3v) is 6.02. The van der Waals surface area contributed by atoms with Gasteiger partial charge in [0.05, 0.1) is 10.6 Å². The van der Waals surface area contributed by atoms with E-state index in [0.29, 0.717) is 49.1 Å². The van der Waals surface area contributed by atoms with E-state index < -0.39 is 5.82 Å². The minimum absolute atomic E-state index is 0.0234. The number of halogens is 3. The fourth-order valence-corrected chi connectivity index (χ4v) is 4.09. The lowest BCUT2D eigenvalue weighted by Gasteiger charge is -2.30. The Hall–Kier alpha value is -2.35. The van der Waals surface area contributed by atoms with E-state index in [1.54, 1.807) is 21.4 Å². The summed E-state index contributed by atoms with van der Waals surface area (Å²) >= 11 is 12.3. The van der Waals surface area contributed by atoms with Crippen LogP contribution in [0.15, 0.2) is 35.3 Å². The van der Waals surface area contributed by atoms with Crippen LogP contribution in [0.2, 0.25) is 10.2 Å². The minimum atomic E-state index is -0.567. The van der Waals surface area contributed by atoms with Crippen LogP contribution in [0.1, 0.15) is 34.5 Å². The Kier molecular flexibility index (Phi) is 5.38. The average Bonchev–Trinajstić information content (AvgIpc) is 3.01. The van der Waals surface area contributed by atoms with Crippen LogP contribution in [0.25, 0.3) is 5.52 Å². The molecule has 3 heterocycles. The molecular formula is C20H19Cl2FN4O2. The zero-order valence-electron chi connectivity index (χ0n) is 15.4. The molecule has 0 bridgehead atoms. The quantitative estimate of drug-likeness (QED) is 0.660. The van der Waals surface area contributed by atoms with E-state index in [2.05, 4.69) is 4.98 Å². The van der Waals surface area contributed by atoms with Gasteiger partial charge in [-0.3, -0.25) is 14.0 Å². The number of carbonyl (C=O) groups excluding carboxylic acids is 1. The molecule has 4 rings (SSSR count). The summed E-state index contributed by atoms with van der Waals surface area (Å²) in [6.45, 7) is 1.03. The standard InChI is InChI=1S/C20H19Cl2FN4O2/c21-15-9-17-19(28)25-10-13(27(17)18(15)22)7-11-1-2-16(23)14(8-11)20(29)26-5-3-12(24)4-6-26/h1-2,8-10,12H,3-7,24H2,(H,25,28). The molecule has 1 aromatic carbocycles. The van der Waals surface area contributed by atoms with Crippen molar-refractivity contribution in [2.24, 2.45) is 5.73 Å². The summed E-state index contributed by atoms with van der Waals surface area (Å²) < 4.78 is 16.0. The number of aromatic nitrogens is 2. The number of H-pyrrole nitrogens is 1. The SMILES string of the molecule is NC1CCN(C(=O)c2cc(Cc3c[nH]c(=O)c4cc(Cl)c(Cl)n34)ccc2F)CC1. The number of amides is 1. The lowest BCUT2D eigenvalue weighted by atomic mass is 10.0. The fraction of sp³-hybridized carbons (Fsp3) is 0.300. The Labute approximate surface area is 176 Å². The summed E-state index contributed by atoms with van der Waals surface area (Å²) in [5.74, 6) is -0.910. The normalized spacial score (nSPS) is 15.2. The molecule has 9 heteroatoms. The van der Waals surface area contributed by atoms with Crippen molar-refractivity contribution in [2.45, 2.75) is 25.3 Å². The van der Waals surface area contributed by atoms with Crippen molar-refractivity contribution in [3.05, 3.63) is 73.6 Å². The van der Waals surface area contributed by atoms with Crippen molar-refractivity contribution < 1.29 is 9.18 Å². The molecule has 0 radical (unpaired) electrons. The van der Waals surface area contributed by atoms with Crippen molar-refractivity contribution in [1.82, 2.24) is 14.3 Å². The van der Waals surface area contributed by atoms with E-state index in [1.165, 1.54) is 18.3 Å². The molecule has 152 valence electrons. The number of aromatic amines is 1. The van der Waals surface area contributed by atoms with Gasteiger partial charge in [0.2, 0.25) is 0 Å². The third-order valence-electron chi connectivity index (χ3n) is 5.26. The number of carbonyl (C=O) groups is 1. The lowest BCUT2D eigenvalue weighted by molar-refractivity contribution is 0.0710. The van der Waals surface area contributed by atoms with Gasteiger partial charge in [-0.05, 0) is 36.6 Å². The molecule has 0 spiro atoms. The van der Waals surface area contributed by atoms with E-state index >= 15 is 0 Å². The van der Waals surface area contributed by atoms with Crippen molar-refractivity contribution in [1.29, 1.82) is 0 Å². The number of fused-ring (bicyclic) bond motifs is 1. The van der Waals surface area contributed by atoms with Crippen LogP contribution in [-0.2, 0) is 6.42 Å². The monoisotopic (exact) mass is 436 g/mol. The molecule has 2 aromatic heterocycles. The molecule has 29 heavy (non-hydrogen) atoms. The molecule has 1 fully saturated rings. The highest BCUT2D eigenvalue weighted by atomic mass is 35.5. The summed E-state index contributed by atoms with van der Waals surface area (Å²) in [5.41, 5.74) is 7.27. The molecule has 0 atom stereocenters. The Morgan fingerprint density at radius 3 is 2.69 bits per heavy atom. The van der Waals surface area contributed by atoms with Crippen LogP contribution in [-0.4, -0.2) is 39.3 Å². The first kappa shape index (κ1) is 19.9. The number of piperidine rings is 1. The number of hydrogen-bond donors (Lipinski definition) is 2. The maximum Gasteiger partial charge on any atom is 0.272 e. The largest absolute Gasteiger partial charge is 0.338 e. The predicted octanol–water partition coefficient (Wildman–Crippen LogP) is 3.23. The summed E-state index contributed by atoms with van der Waals surface area (Å²) in [7, 11) is 0. The number of likely N-dealkylation sites (tertiary alicyclic amines) is 1. The summed E-state index contributed by atoms with van der Waals surface area (Å²) in [5, 5.41) is 0.494. The number of nitrogens with zero attached hydrogens (tertiary/aromatic N) is 2. The van der Waals surface area contributed by atoms with E-state index in [0.717, 1.165) is 0 Å². The van der Waals surface area contributed by atoms with Gasteiger partial charge in [0.25, 0.3) is 11.5 Å². The molecule has 0 unspecified atom stereocenters. The van der Waals surface area contributed by atoms with Crippen LogP contribution in [0.5, 0.6) is 0 Å². The second-order valence-corrected chi connectivity index (χ2v) is 8.00. The van der Waals surface area contributed by atoms with Crippen LogP contribution in [0.3, 0.4) is 0 Å². The summed E-state index contributed by atoms with van der Waals surface area (Å²) in [6, 6.07) is 6.00. The molecule has 1 aliphatic rings. The van der Waals surface area contributed by atoms with E-state index in [9.17, 15) is 14.0 Å². The zero-order chi connectivity index (χ0) is 20.7. The lowest BCUT2D eigenvalue weighted by Crippen LogP contribution is -2.43. The minimum Gasteiger partial charge on any atom is -0.338 e. The van der Waals surface area contributed by atoms with Crippen molar-refractivity contribution >= 4 is 34.6 Å². The average molecular weight is 437 g/mol. The van der Waals surface area contributed by atoms with Gasteiger partial charge in [0.1, 0.15) is 16.5 Å². The van der Waals surface area contributed by atoms with Gasteiger partial charge in [-0.1, -0.05) is 29.3 Å². The number of nitrogens with one attached hydrogen (secondary N) is 1. The van der Waals surface area contributed by atoms with Gasteiger partial charge in [0.15, 0.2) is 0 Å². The molecule has 1 amide bonds. The predicted molar refractivity (Wildman–Crippen MR) is 110 cm³/mol. The Balaban J connectivity index is 1.67. The molecule has 1 saturated heterocycles. The Bertz CT molecular complexity index is 1150. The second-order valence-electron chi connectivity index (χ2n) is 7.23. The summed E-state index contributed by atoms with van der Waals surface area (Å²) in [4.78, 5) is 29.1. The van der Waals surface area contributed by atoms with Crippen molar-refractivity contribution in [3.8, 4) is 0 Å². The first-order chi connectivity index (χ1) is 13.8. The van der Waals surface area contributed by atoms with Crippen molar-refractivity contribution in [3.63, 3.8) is 0 Å². The highest BCUT2D eigenvalue weighted by molar-refractivity contribution is 6.42. The van der Waals surface area contributed by atoms with E-state index in [-0.39, 0.29) is 33.2 Å². The Morgan fingerprint density at radius 2 is 1.97 bits per heavy atom. The Morgan fingerprint density at radius 1 is 1.24 bits per heavy atom. The molecule has 3 aromatic rings. The first-order valence-corrected chi connectivity index (χ1v) is 10.0. The molecule has 1 aliphatic heterocycles. The van der Waals surface area contributed by atoms with Crippen molar-refractivity contribution in [2.75, 3.05) is 13.1 Å². The molecule has 6 nitrogen and oxygen atoms in total. The molecule has 0 saturated carbocycles. The zero-order valence-corrected chi connectivity index (χ0v) is 16.9. The third kappa shape index (κ3) is 3.77. The number of nitrogens with two attached hydrogens (primary N) is 1. The maximum absolute atomic E-state index is 14.4. The second kappa shape index (κ2) is 7.82. The van der Waals surface area contributed by atoms with Gasteiger partial charge in [-0.25, -0.2) is 4.39 Å². The maximum atomic E-state index is 14.4. The van der Waals surface area contributed by atoms with Gasteiger partial charge in [-0.15, -0.1) is 0 Å². The fourth-order valence-electron chi connectivity index (χ4n) is 3.65. The van der Waals surface area contributed by atoms with Gasteiger partial charge in [-0.2, -0.15) is 0 Å². The topological polar surface area (TPSA) is 83.6 Å². The first-order valence-electron chi connectivity index (χ1n) is 9.25. The molecule has 3 N–H and O–H groups in total. The highest BCUT2D eigenvalue weighted by Gasteiger charge is 2.24. The van der Waals surface area contributed by atoms with Crippen LogP contribution in [0.4, 0.5) is 4.39 Å². The van der Waals surface area contributed by atoms with Gasteiger partial charge in [0, 0.05) is 37.4 Å². The smallest absolute Gasteiger partial charge is 0.272 e.